The summed E-state index contributed by atoms with van der Waals surface area (Å²) in [4.78, 5) is 2.75. The van der Waals surface area contributed by atoms with Gasteiger partial charge in [-0.15, -0.1) is 0 Å². The summed E-state index contributed by atoms with van der Waals surface area (Å²) in [6.07, 6.45) is 9.82. The highest BCUT2D eigenvalue weighted by Crippen LogP contribution is 2.24. The second kappa shape index (κ2) is 5.86. The number of nitrogens with zero attached hydrogens (tertiary/aromatic N) is 1. The van der Waals surface area contributed by atoms with Gasteiger partial charge in [-0.2, -0.15) is 0 Å². The summed E-state index contributed by atoms with van der Waals surface area (Å²) in [6.45, 7) is 6.24. The molecule has 0 saturated carbocycles. The molecule has 0 aliphatic carbocycles. The van der Waals surface area contributed by atoms with Crippen LogP contribution in [0.2, 0.25) is 0 Å². The van der Waals surface area contributed by atoms with Crippen LogP contribution in [-0.2, 0) is 0 Å². The van der Waals surface area contributed by atoms with Gasteiger partial charge in [0.2, 0.25) is 0 Å². The van der Waals surface area contributed by atoms with E-state index in [0.717, 1.165) is 12.1 Å². The molecule has 2 nitrogen and oxygen atoms in total. The molecule has 0 bridgehead atoms. The molecule has 2 heteroatoms. The Balaban J connectivity index is 1.76. The van der Waals surface area contributed by atoms with Crippen LogP contribution in [0, 0.1) is 0 Å². The van der Waals surface area contributed by atoms with E-state index in [4.69, 9.17) is 0 Å². The van der Waals surface area contributed by atoms with Gasteiger partial charge in [0.25, 0.3) is 0 Å². The van der Waals surface area contributed by atoms with Crippen LogP contribution in [0.4, 0.5) is 0 Å². The highest BCUT2D eigenvalue weighted by molar-refractivity contribution is 4.91. The van der Waals surface area contributed by atoms with E-state index >= 15 is 0 Å². The molecule has 0 aromatic heterocycles. The molecule has 88 valence electrons. The largest absolute Gasteiger partial charge is 0.312 e. The third-order valence-corrected chi connectivity index (χ3v) is 4.03. The van der Waals surface area contributed by atoms with Crippen LogP contribution in [0.1, 0.15) is 51.9 Å². The maximum Gasteiger partial charge on any atom is 0.0249 e. The van der Waals surface area contributed by atoms with Gasteiger partial charge in [0.15, 0.2) is 0 Å². The molecule has 2 atom stereocenters. The van der Waals surface area contributed by atoms with Crippen molar-refractivity contribution in [3.8, 4) is 0 Å². The maximum atomic E-state index is 3.68. The minimum atomic E-state index is 0.814. The molecular formula is C13H26N2. The van der Waals surface area contributed by atoms with Gasteiger partial charge in [-0.3, -0.25) is 4.90 Å². The number of hydrogen-bond donors (Lipinski definition) is 1. The smallest absolute Gasteiger partial charge is 0.0249 e. The first-order chi connectivity index (χ1) is 7.42. The van der Waals surface area contributed by atoms with Gasteiger partial charge in [-0.1, -0.05) is 19.8 Å². The predicted molar refractivity (Wildman–Crippen MR) is 65.1 cm³/mol. The van der Waals surface area contributed by atoms with Crippen molar-refractivity contribution in [2.75, 3.05) is 19.6 Å². The molecule has 2 saturated heterocycles. The van der Waals surface area contributed by atoms with Crippen molar-refractivity contribution < 1.29 is 0 Å². The Hall–Kier alpha value is -0.0800. The van der Waals surface area contributed by atoms with E-state index < -0.39 is 0 Å². The number of nitrogens with one attached hydrogen (secondary N) is 1. The lowest BCUT2D eigenvalue weighted by Crippen LogP contribution is -2.44. The molecule has 2 fully saturated rings. The zero-order valence-electron chi connectivity index (χ0n) is 10.2. The van der Waals surface area contributed by atoms with E-state index in [1.165, 1.54) is 64.6 Å². The summed E-state index contributed by atoms with van der Waals surface area (Å²) in [5.41, 5.74) is 0. The van der Waals surface area contributed by atoms with Gasteiger partial charge in [0, 0.05) is 12.1 Å². The van der Waals surface area contributed by atoms with E-state index in [1.807, 2.05) is 0 Å². The van der Waals surface area contributed by atoms with Gasteiger partial charge in [-0.05, 0) is 51.7 Å². The van der Waals surface area contributed by atoms with Crippen LogP contribution < -0.4 is 5.32 Å². The highest BCUT2D eigenvalue weighted by atomic mass is 15.2. The Morgan fingerprint density at radius 2 is 2.13 bits per heavy atom. The fourth-order valence-electron chi connectivity index (χ4n) is 3.19. The minimum absolute atomic E-state index is 0.814. The summed E-state index contributed by atoms with van der Waals surface area (Å²) in [5.74, 6) is 0. The molecule has 0 aromatic rings. The molecule has 0 radical (unpaired) electrons. The molecule has 0 aromatic carbocycles. The average molecular weight is 210 g/mol. The van der Waals surface area contributed by atoms with Gasteiger partial charge >= 0.3 is 0 Å². The number of unbranched alkanes of at least 4 members (excludes halogenated alkanes) is 2. The van der Waals surface area contributed by atoms with Crippen molar-refractivity contribution in [3.05, 3.63) is 0 Å². The second-order valence-corrected chi connectivity index (χ2v) is 5.16. The average Bonchev–Trinajstić information content (AvgIpc) is 2.87. The molecule has 2 rings (SSSR count). The van der Waals surface area contributed by atoms with Crippen molar-refractivity contribution >= 4 is 0 Å². The van der Waals surface area contributed by atoms with E-state index in [2.05, 4.69) is 17.1 Å². The van der Waals surface area contributed by atoms with Crippen LogP contribution in [-0.4, -0.2) is 36.6 Å². The summed E-state index contributed by atoms with van der Waals surface area (Å²) in [5, 5.41) is 3.68. The SMILES string of the molecule is CCCCCN1CCCC1C1CCCN1. The lowest BCUT2D eigenvalue weighted by molar-refractivity contribution is 0.210. The predicted octanol–water partition coefficient (Wildman–Crippen LogP) is 2.39. The molecule has 1 N–H and O–H groups in total. The Kier molecular flexibility index (Phi) is 4.45. The molecule has 2 aliphatic rings. The zero-order valence-corrected chi connectivity index (χ0v) is 10.2. The molecular weight excluding hydrogens is 184 g/mol. The van der Waals surface area contributed by atoms with Crippen LogP contribution in [0.25, 0.3) is 0 Å². The molecule has 2 heterocycles. The minimum Gasteiger partial charge on any atom is -0.312 e. The van der Waals surface area contributed by atoms with E-state index in [-0.39, 0.29) is 0 Å². The number of likely N-dealkylation sites (tertiary alicyclic amines) is 1. The topological polar surface area (TPSA) is 15.3 Å². The Labute approximate surface area is 94.4 Å². The van der Waals surface area contributed by atoms with E-state index in [1.54, 1.807) is 0 Å². The first-order valence-electron chi connectivity index (χ1n) is 6.89. The van der Waals surface area contributed by atoms with Gasteiger partial charge < -0.3 is 5.32 Å². The number of rotatable bonds is 5. The fraction of sp³-hybridized carbons (Fsp3) is 1.00. The van der Waals surface area contributed by atoms with Crippen molar-refractivity contribution in [2.45, 2.75) is 64.0 Å². The summed E-state index contributed by atoms with van der Waals surface area (Å²) in [7, 11) is 0. The van der Waals surface area contributed by atoms with Gasteiger partial charge in [-0.25, -0.2) is 0 Å². The molecule has 0 amide bonds. The van der Waals surface area contributed by atoms with Gasteiger partial charge in [0.05, 0.1) is 0 Å². The van der Waals surface area contributed by atoms with Crippen molar-refractivity contribution in [1.82, 2.24) is 10.2 Å². The first-order valence-corrected chi connectivity index (χ1v) is 6.89. The van der Waals surface area contributed by atoms with Crippen molar-refractivity contribution in [1.29, 1.82) is 0 Å². The van der Waals surface area contributed by atoms with E-state index in [9.17, 15) is 0 Å². The molecule has 15 heavy (non-hydrogen) atoms. The van der Waals surface area contributed by atoms with Crippen LogP contribution in [0.5, 0.6) is 0 Å². The Bertz CT molecular complexity index is 175. The van der Waals surface area contributed by atoms with E-state index in [0.29, 0.717) is 0 Å². The van der Waals surface area contributed by atoms with Crippen molar-refractivity contribution in [2.24, 2.45) is 0 Å². The fourth-order valence-corrected chi connectivity index (χ4v) is 3.19. The second-order valence-electron chi connectivity index (χ2n) is 5.16. The normalized spacial score (nSPS) is 32.6. The molecule has 2 unspecified atom stereocenters. The van der Waals surface area contributed by atoms with Gasteiger partial charge in [0.1, 0.15) is 0 Å². The molecule has 0 spiro atoms. The monoisotopic (exact) mass is 210 g/mol. The third-order valence-electron chi connectivity index (χ3n) is 4.03. The maximum absolute atomic E-state index is 3.68. The summed E-state index contributed by atoms with van der Waals surface area (Å²) in [6, 6.07) is 1.68. The number of hydrogen-bond acceptors (Lipinski definition) is 2. The third kappa shape index (κ3) is 2.94. The first kappa shape index (κ1) is 11.4. The lowest BCUT2D eigenvalue weighted by atomic mass is 10.0. The lowest BCUT2D eigenvalue weighted by Gasteiger charge is -2.29. The summed E-state index contributed by atoms with van der Waals surface area (Å²) >= 11 is 0. The van der Waals surface area contributed by atoms with Crippen LogP contribution >= 0.6 is 0 Å². The Morgan fingerprint density at radius 1 is 1.20 bits per heavy atom. The van der Waals surface area contributed by atoms with Crippen molar-refractivity contribution in [3.63, 3.8) is 0 Å². The molecule has 2 aliphatic heterocycles. The quantitative estimate of drug-likeness (QED) is 0.701. The Morgan fingerprint density at radius 3 is 2.87 bits per heavy atom. The zero-order chi connectivity index (χ0) is 10.5. The standard InChI is InChI=1S/C13H26N2/c1-2-3-4-10-15-11-6-8-13(15)12-7-5-9-14-12/h12-14H,2-11H2,1H3. The van der Waals surface area contributed by atoms with Crippen LogP contribution in [0.3, 0.4) is 0 Å². The summed E-state index contributed by atoms with van der Waals surface area (Å²) < 4.78 is 0. The highest BCUT2D eigenvalue weighted by Gasteiger charge is 2.32. The van der Waals surface area contributed by atoms with Crippen LogP contribution in [0.15, 0.2) is 0 Å².